The van der Waals surface area contributed by atoms with Crippen LogP contribution >= 0.6 is 0 Å². The monoisotopic (exact) mass is 233 g/mol. The topological polar surface area (TPSA) is 87.2 Å². The zero-order valence-corrected chi connectivity index (χ0v) is 9.62. The Hall–Kier alpha value is -0.920. The highest BCUT2D eigenvalue weighted by Crippen LogP contribution is 2.06. The lowest BCUT2D eigenvalue weighted by Gasteiger charge is -2.03. The fraction of sp³-hybridized carbons (Fsp3) is 0.625. The van der Waals surface area contributed by atoms with Crippen LogP contribution in [0.1, 0.15) is 12.7 Å². The maximum Gasteiger partial charge on any atom is 0.257 e. The number of primary sulfonamides is 1. The molecule has 15 heavy (non-hydrogen) atoms. The van der Waals surface area contributed by atoms with Crippen LogP contribution in [-0.4, -0.2) is 31.2 Å². The van der Waals surface area contributed by atoms with E-state index in [1.807, 2.05) is 6.92 Å². The molecule has 0 bridgehead atoms. The molecule has 0 spiro atoms. The molecule has 1 aromatic rings. The molecule has 0 aliphatic rings. The smallest absolute Gasteiger partial charge is 0.257 e. The molecule has 0 radical (unpaired) electrons. The Kier molecular flexibility index (Phi) is 3.83. The lowest BCUT2D eigenvalue weighted by molar-refractivity contribution is 0.138. The SMILES string of the molecule is CCOCCn1cc(S(N)(=O)=O)nc1C. The van der Waals surface area contributed by atoms with Crippen LogP contribution in [-0.2, 0) is 21.3 Å². The summed E-state index contributed by atoms with van der Waals surface area (Å²) in [6.07, 6.45) is 1.42. The molecule has 0 aliphatic heterocycles. The molecule has 0 saturated carbocycles. The summed E-state index contributed by atoms with van der Waals surface area (Å²) < 4.78 is 28.9. The fourth-order valence-corrected chi connectivity index (χ4v) is 1.68. The highest BCUT2D eigenvalue weighted by Gasteiger charge is 2.13. The van der Waals surface area contributed by atoms with Gasteiger partial charge in [0.1, 0.15) is 5.82 Å². The molecule has 0 amide bonds. The first-order valence-corrected chi connectivity index (χ1v) is 6.14. The zero-order valence-electron chi connectivity index (χ0n) is 8.80. The quantitative estimate of drug-likeness (QED) is 0.718. The second-order valence-corrected chi connectivity index (χ2v) is 4.57. The Balaban J connectivity index is 2.78. The summed E-state index contributed by atoms with van der Waals surface area (Å²) in [4.78, 5) is 3.86. The van der Waals surface area contributed by atoms with E-state index in [2.05, 4.69) is 4.98 Å². The van der Waals surface area contributed by atoms with Gasteiger partial charge in [0.25, 0.3) is 10.0 Å². The first-order valence-electron chi connectivity index (χ1n) is 4.59. The van der Waals surface area contributed by atoms with Crippen molar-refractivity contribution in [2.24, 2.45) is 5.14 Å². The van der Waals surface area contributed by atoms with E-state index in [1.165, 1.54) is 6.20 Å². The number of aromatic nitrogens is 2. The minimum Gasteiger partial charge on any atom is -0.380 e. The predicted octanol–water partition coefficient (Wildman–Crippen LogP) is -0.125. The number of hydrogen-bond donors (Lipinski definition) is 1. The van der Waals surface area contributed by atoms with Gasteiger partial charge in [-0.05, 0) is 13.8 Å². The number of imidazole rings is 1. The van der Waals surface area contributed by atoms with Crippen LogP contribution in [0.15, 0.2) is 11.2 Å². The van der Waals surface area contributed by atoms with Crippen molar-refractivity contribution in [2.45, 2.75) is 25.4 Å². The van der Waals surface area contributed by atoms with Crippen molar-refractivity contribution in [1.29, 1.82) is 0 Å². The number of nitrogens with two attached hydrogens (primary N) is 1. The molecule has 0 saturated heterocycles. The first kappa shape index (κ1) is 12.2. The van der Waals surface area contributed by atoms with Gasteiger partial charge in [0.15, 0.2) is 5.03 Å². The molecular weight excluding hydrogens is 218 g/mol. The molecule has 6 nitrogen and oxygen atoms in total. The van der Waals surface area contributed by atoms with Gasteiger partial charge in [-0.25, -0.2) is 18.5 Å². The Morgan fingerprint density at radius 1 is 1.60 bits per heavy atom. The van der Waals surface area contributed by atoms with E-state index in [1.54, 1.807) is 11.5 Å². The second kappa shape index (κ2) is 4.73. The zero-order chi connectivity index (χ0) is 11.5. The summed E-state index contributed by atoms with van der Waals surface area (Å²) in [5.41, 5.74) is 0. The molecule has 0 unspecified atom stereocenters. The van der Waals surface area contributed by atoms with Crippen LogP contribution in [0.3, 0.4) is 0 Å². The van der Waals surface area contributed by atoms with Gasteiger partial charge < -0.3 is 9.30 Å². The molecule has 1 rings (SSSR count). The van der Waals surface area contributed by atoms with E-state index in [-0.39, 0.29) is 5.03 Å². The third-order valence-corrected chi connectivity index (χ3v) is 2.71. The Bertz CT molecular complexity index is 424. The molecule has 1 aromatic heterocycles. The lowest BCUT2D eigenvalue weighted by Crippen LogP contribution is -2.12. The van der Waals surface area contributed by atoms with E-state index in [0.717, 1.165) is 0 Å². The average molecular weight is 233 g/mol. The Morgan fingerprint density at radius 2 is 2.27 bits per heavy atom. The molecule has 7 heteroatoms. The van der Waals surface area contributed by atoms with Gasteiger partial charge in [-0.2, -0.15) is 0 Å². The largest absolute Gasteiger partial charge is 0.380 e. The Labute approximate surface area is 89.1 Å². The van der Waals surface area contributed by atoms with Crippen LogP contribution in [0.2, 0.25) is 0 Å². The van der Waals surface area contributed by atoms with Gasteiger partial charge in [-0.3, -0.25) is 0 Å². The van der Waals surface area contributed by atoms with Crippen LogP contribution in [0.4, 0.5) is 0 Å². The average Bonchev–Trinajstić information content (AvgIpc) is 2.48. The molecule has 0 aromatic carbocycles. The summed E-state index contributed by atoms with van der Waals surface area (Å²) in [6, 6.07) is 0. The van der Waals surface area contributed by atoms with Gasteiger partial charge in [-0.1, -0.05) is 0 Å². The van der Waals surface area contributed by atoms with E-state index in [0.29, 0.717) is 25.6 Å². The number of nitrogens with zero attached hydrogens (tertiary/aromatic N) is 2. The highest BCUT2D eigenvalue weighted by atomic mass is 32.2. The minimum atomic E-state index is -3.71. The van der Waals surface area contributed by atoms with Crippen molar-refractivity contribution in [3.63, 3.8) is 0 Å². The van der Waals surface area contributed by atoms with E-state index in [4.69, 9.17) is 9.88 Å². The summed E-state index contributed by atoms with van der Waals surface area (Å²) in [7, 11) is -3.71. The molecular formula is C8H15N3O3S. The third kappa shape index (κ3) is 3.29. The fourth-order valence-electron chi connectivity index (χ4n) is 1.15. The van der Waals surface area contributed by atoms with E-state index < -0.39 is 10.0 Å². The number of sulfonamides is 1. The van der Waals surface area contributed by atoms with Crippen LogP contribution in [0.25, 0.3) is 0 Å². The van der Waals surface area contributed by atoms with Crippen molar-refractivity contribution in [1.82, 2.24) is 9.55 Å². The molecule has 86 valence electrons. The number of ether oxygens (including phenoxy) is 1. The number of rotatable bonds is 5. The predicted molar refractivity (Wildman–Crippen MR) is 54.8 cm³/mol. The summed E-state index contributed by atoms with van der Waals surface area (Å²) in [5.74, 6) is 0.610. The summed E-state index contributed by atoms with van der Waals surface area (Å²) >= 11 is 0. The maximum atomic E-state index is 11.0. The molecule has 1 heterocycles. The van der Waals surface area contributed by atoms with Crippen molar-refractivity contribution in [3.8, 4) is 0 Å². The Morgan fingerprint density at radius 3 is 2.73 bits per heavy atom. The molecule has 2 N–H and O–H groups in total. The highest BCUT2D eigenvalue weighted by molar-refractivity contribution is 7.89. The summed E-state index contributed by atoms with van der Waals surface area (Å²) in [6.45, 7) is 5.35. The van der Waals surface area contributed by atoms with Gasteiger partial charge in [0.2, 0.25) is 0 Å². The van der Waals surface area contributed by atoms with Crippen molar-refractivity contribution >= 4 is 10.0 Å². The number of aryl methyl sites for hydroxylation is 1. The first-order chi connectivity index (χ1) is 6.95. The van der Waals surface area contributed by atoms with Crippen molar-refractivity contribution < 1.29 is 13.2 Å². The van der Waals surface area contributed by atoms with Gasteiger partial charge in [0, 0.05) is 19.3 Å². The third-order valence-electron chi connectivity index (χ3n) is 1.93. The number of hydrogen-bond acceptors (Lipinski definition) is 4. The lowest BCUT2D eigenvalue weighted by atomic mass is 10.6. The standard InChI is InChI=1S/C8H15N3O3S/c1-3-14-5-4-11-6-8(10-7(11)2)15(9,12)13/h6H,3-5H2,1-2H3,(H2,9,12,13). The van der Waals surface area contributed by atoms with Crippen molar-refractivity contribution in [3.05, 3.63) is 12.0 Å². The van der Waals surface area contributed by atoms with Gasteiger partial charge >= 0.3 is 0 Å². The van der Waals surface area contributed by atoms with Gasteiger partial charge in [-0.15, -0.1) is 0 Å². The normalized spacial score (nSPS) is 11.9. The maximum absolute atomic E-state index is 11.0. The van der Waals surface area contributed by atoms with Crippen LogP contribution in [0, 0.1) is 6.92 Å². The van der Waals surface area contributed by atoms with Crippen LogP contribution in [0.5, 0.6) is 0 Å². The van der Waals surface area contributed by atoms with Crippen LogP contribution < -0.4 is 5.14 Å². The van der Waals surface area contributed by atoms with E-state index >= 15 is 0 Å². The summed E-state index contributed by atoms with van der Waals surface area (Å²) in [5, 5.41) is 4.86. The minimum absolute atomic E-state index is 0.100. The van der Waals surface area contributed by atoms with E-state index in [9.17, 15) is 8.42 Å². The molecule has 0 fully saturated rings. The van der Waals surface area contributed by atoms with Crippen molar-refractivity contribution in [2.75, 3.05) is 13.2 Å². The van der Waals surface area contributed by atoms with Gasteiger partial charge in [0.05, 0.1) is 6.61 Å². The molecule has 0 aliphatic carbocycles. The second-order valence-electron chi connectivity index (χ2n) is 3.06. The molecule has 0 atom stereocenters.